The number of nitrogens with two attached hydrogens (primary N) is 1. The molecule has 0 radical (unpaired) electrons. The molecule has 14 heteroatoms. The Labute approximate surface area is 216 Å². The van der Waals surface area contributed by atoms with Crippen molar-refractivity contribution in [1.82, 2.24) is 29.7 Å². The summed E-state index contributed by atoms with van der Waals surface area (Å²) < 4.78 is 32.5. The molecule has 0 aromatic carbocycles. The lowest BCUT2D eigenvalue weighted by Gasteiger charge is -2.33. The van der Waals surface area contributed by atoms with E-state index in [-0.39, 0.29) is 24.4 Å². The summed E-state index contributed by atoms with van der Waals surface area (Å²) in [6, 6.07) is -0.896. The predicted octanol–water partition coefficient (Wildman–Crippen LogP) is 2.36. The third-order valence-electron chi connectivity index (χ3n) is 5.83. The lowest BCUT2D eigenvalue weighted by Crippen LogP contribution is -2.51. The average Bonchev–Trinajstić information content (AvgIpc) is 3.18. The van der Waals surface area contributed by atoms with Gasteiger partial charge >= 0.3 is 11.9 Å². The summed E-state index contributed by atoms with van der Waals surface area (Å²) in [7, 11) is -3.68. The molecule has 0 saturated heterocycles. The Bertz CT molecular complexity index is 1150. The van der Waals surface area contributed by atoms with E-state index in [0.29, 0.717) is 17.7 Å². The molecule has 2 aromatic rings. The van der Waals surface area contributed by atoms with E-state index < -0.39 is 37.1 Å². The smallest absolute Gasteiger partial charge is 0.326 e. The van der Waals surface area contributed by atoms with Gasteiger partial charge in [-0.15, -0.1) is 0 Å². The van der Waals surface area contributed by atoms with Crippen LogP contribution in [0, 0.1) is 0 Å². The number of hydrogen-bond donors (Lipinski definition) is 3. The number of fused-ring (bicyclic) bond motifs is 1. The zero-order valence-electron chi connectivity index (χ0n) is 22.3. The van der Waals surface area contributed by atoms with Crippen molar-refractivity contribution in [3.8, 4) is 0 Å². The number of carbonyl (C=O) groups is 2. The van der Waals surface area contributed by atoms with Crippen LogP contribution in [0.2, 0.25) is 0 Å². The molecule has 1 fully saturated rings. The van der Waals surface area contributed by atoms with Gasteiger partial charge in [-0.1, -0.05) is 0 Å². The van der Waals surface area contributed by atoms with Crippen molar-refractivity contribution in [1.29, 1.82) is 0 Å². The van der Waals surface area contributed by atoms with Gasteiger partial charge in [0.25, 0.3) is 0 Å². The van der Waals surface area contributed by atoms with E-state index in [4.69, 9.17) is 19.9 Å². The number of nitrogens with zero attached hydrogens (tertiary/aromatic N) is 4. The van der Waals surface area contributed by atoms with E-state index in [1.165, 1.54) is 6.33 Å². The standard InChI is InChI=1S/C23H38N7O6P/c1-14(2)35-22(32)23(5,6)29-37(33,28-16(4)21(31)36-17-8-7-9-17)13-34-15(3)10-30-12-27-18-19(24)25-11-26-20(18)30/h11-12,14-17H,7-10,13H2,1-6H3,(H2,24,25,26)(H2,28,29,33). The summed E-state index contributed by atoms with van der Waals surface area (Å²) in [4.78, 5) is 37.6. The van der Waals surface area contributed by atoms with Gasteiger partial charge in [-0.25, -0.2) is 25.1 Å². The zero-order chi connectivity index (χ0) is 27.4. The van der Waals surface area contributed by atoms with Crippen LogP contribution in [0.25, 0.3) is 11.2 Å². The molecule has 4 N–H and O–H groups in total. The van der Waals surface area contributed by atoms with Gasteiger partial charge in [0, 0.05) is 0 Å². The van der Waals surface area contributed by atoms with Gasteiger partial charge in [0.15, 0.2) is 11.5 Å². The average molecular weight is 540 g/mol. The first-order valence-corrected chi connectivity index (χ1v) is 14.3. The number of esters is 2. The number of hydrogen-bond acceptors (Lipinski definition) is 10. The maximum atomic E-state index is 14.0. The maximum absolute atomic E-state index is 14.0. The SMILES string of the molecule is CC(C)OC(=O)C(C)(C)NP(=O)(COC(C)Cn1cnc2c(N)ncnc21)NC(C)C(=O)OC1CCC1. The summed E-state index contributed by atoms with van der Waals surface area (Å²) in [5, 5.41) is 5.72. The van der Waals surface area contributed by atoms with Crippen LogP contribution in [0.5, 0.6) is 0 Å². The number of nitrogens with one attached hydrogen (secondary N) is 2. The van der Waals surface area contributed by atoms with Gasteiger partial charge in [0.2, 0.25) is 7.44 Å². The number of aromatic nitrogens is 4. The van der Waals surface area contributed by atoms with Crippen LogP contribution in [-0.4, -0.2) is 67.7 Å². The highest BCUT2D eigenvalue weighted by atomic mass is 31.2. The lowest BCUT2D eigenvalue weighted by molar-refractivity contribution is -0.154. The predicted molar refractivity (Wildman–Crippen MR) is 138 cm³/mol. The molecule has 37 heavy (non-hydrogen) atoms. The van der Waals surface area contributed by atoms with Gasteiger partial charge in [-0.3, -0.25) is 14.2 Å². The minimum Gasteiger partial charge on any atom is -0.462 e. The van der Waals surface area contributed by atoms with E-state index in [9.17, 15) is 14.2 Å². The Morgan fingerprint density at radius 2 is 1.92 bits per heavy atom. The van der Waals surface area contributed by atoms with Crippen molar-refractivity contribution >= 4 is 36.4 Å². The van der Waals surface area contributed by atoms with Crippen LogP contribution in [0.15, 0.2) is 12.7 Å². The molecule has 2 aromatic heterocycles. The Kier molecular flexibility index (Phi) is 9.27. The van der Waals surface area contributed by atoms with E-state index in [1.54, 1.807) is 52.4 Å². The fraction of sp³-hybridized carbons (Fsp3) is 0.696. The first-order chi connectivity index (χ1) is 17.3. The number of carbonyl (C=O) groups excluding carboxylic acids is 2. The zero-order valence-corrected chi connectivity index (χ0v) is 23.2. The number of rotatable bonds is 13. The molecule has 0 aliphatic heterocycles. The van der Waals surface area contributed by atoms with Gasteiger partial charge in [0.05, 0.1) is 25.1 Å². The fourth-order valence-electron chi connectivity index (χ4n) is 3.68. The van der Waals surface area contributed by atoms with E-state index in [2.05, 4.69) is 25.1 Å². The second-order valence-electron chi connectivity index (χ2n) is 10.2. The summed E-state index contributed by atoms with van der Waals surface area (Å²) in [6.45, 7) is 10.3. The molecule has 13 nitrogen and oxygen atoms in total. The molecule has 3 atom stereocenters. The largest absolute Gasteiger partial charge is 0.462 e. The van der Waals surface area contributed by atoms with Crippen LogP contribution in [-0.2, 0) is 34.9 Å². The molecule has 3 rings (SSSR count). The molecule has 2 heterocycles. The number of imidazole rings is 1. The summed E-state index contributed by atoms with van der Waals surface area (Å²) >= 11 is 0. The number of anilines is 1. The summed E-state index contributed by atoms with van der Waals surface area (Å²) in [5.41, 5.74) is 5.56. The highest BCUT2D eigenvalue weighted by Gasteiger charge is 2.40. The monoisotopic (exact) mass is 539 g/mol. The van der Waals surface area contributed by atoms with Crippen LogP contribution in [0.1, 0.15) is 60.8 Å². The van der Waals surface area contributed by atoms with Crippen LogP contribution in [0.3, 0.4) is 0 Å². The Morgan fingerprint density at radius 3 is 2.54 bits per heavy atom. The fourth-order valence-corrected chi connectivity index (χ4v) is 6.07. The van der Waals surface area contributed by atoms with Gasteiger partial charge in [0.1, 0.15) is 35.9 Å². The topological polar surface area (TPSA) is 173 Å². The first kappa shape index (κ1) is 29.0. The van der Waals surface area contributed by atoms with Crippen LogP contribution in [0.4, 0.5) is 5.82 Å². The highest BCUT2D eigenvalue weighted by Crippen LogP contribution is 2.40. The number of ether oxygens (including phenoxy) is 3. The third kappa shape index (κ3) is 7.70. The minimum atomic E-state index is -3.68. The minimum absolute atomic E-state index is 0.110. The van der Waals surface area contributed by atoms with Crippen molar-refractivity contribution in [2.45, 2.75) is 97.2 Å². The molecule has 1 aliphatic carbocycles. The molecule has 0 amide bonds. The van der Waals surface area contributed by atoms with Crippen LogP contribution >= 0.6 is 7.44 Å². The summed E-state index contributed by atoms with van der Waals surface area (Å²) in [5.74, 6) is -0.817. The second-order valence-corrected chi connectivity index (χ2v) is 12.4. The Balaban J connectivity index is 1.71. The number of nitrogen functional groups attached to an aromatic ring is 1. The normalized spacial score (nSPS) is 17.7. The van der Waals surface area contributed by atoms with Gasteiger partial charge in [-0.05, 0) is 60.8 Å². The quantitative estimate of drug-likeness (QED) is 0.251. The molecular formula is C23H38N7O6P. The summed E-state index contributed by atoms with van der Waals surface area (Å²) in [6.07, 6.45) is 4.39. The van der Waals surface area contributed by atoms with Gasteiger partial charge < -0.3 is 24.5 Å². The highest BCUT2D eigenvalue weighted by molar-refractivity contribution is 7.59. The van der Waals surface area contributed by atoms with Crippen molar-refractivity contribution < 1.29 is 28.4 Å². The molecule has 0 bridgehead atoms. The van der Waals surface area contributed by atoms with Crippen molar-refractivity contribution in [3.63, 3.8) is 0 Å². The second kappa shape index (κ2) is 11.8. The maximum Gasteiger partial charge on any atom is 0.326 e. The van der Waals surface area contributed by atoms with E-state index in [1.807, 2.05) is 0 Å². The lowest BCUT2D eigenvalue weighted by atomic mass is 9.96. The Morgan fingerprint density at radius 1 is 1.22 bits per heavy atom. The van der Waals surface area contributed by atoms with Crippen molar-refractivity contribution in [2.24, 2.45) is 0 Å². The molecule has 1 aliphatic rings. The molecule has 206 valence electrons. The van der Waals surface area contributed by atoms with Gasteiger partial charge in [-0.2, -0.15) is 0 Å². The molecular weight excluding hydrogens is 501 g/mol. The van der Waals surface area contributed by atoms with Crippen molar-refractivity contribution in [3.05, 3.63) is 12.7 Å². The van der Waals surface area contributed by atoms with Crippen LogP contribution < -0.4 is 15.9 Å². The first-order valence-electron chi connectivity index (χ1n) is 12.4. The Hall–Kier alpha value is -2.60. The third-order valence-corrected chi connectivity index (χ3v) is 8.07. The molecule has 3 unspecified atom stereocenters. The van der Waals surface area contributed by atoms with E-state index >= 15 is 0 Å². The molecule has 1 saturated carbocycles. The molecule has 0 spiro atoms. The van der Waals surface area contributed by atoms with E-state index in [0.717, 1.165) is 19.3 Å². The van der Waals surface area contributed by atoms with Crippen molar-refractivity contribution in [2.75, 3.05) is 12.1 Å².